The van der Waals surface area contributed by atoms with Crippen molar-refractivity contribution in [2.75, 3.05) is 44.7 Å². The number of likely N-dealkylation sites (N-methyl/N-ethyl adjacent to an activating group) is 1. The van der Waals surface area contributed by atoms with Crippen LogP contribution in [0.15, 0.2) is 24.3 Å². The van der Waals surface area contributed by atoms with E-state index in [0.29, 0.717) is 6.54 Å². The number of carbonyl (C=O) groups excluding carboxylic acids is 1. The van der Waals surface area contributed by atoms with Crippen molar-refractivity contribution in [3.63, 3.8) is 0 Å². The maximum absolute atomic E-state index is 12.3. The zero-order chi connectivity index (χ0) is 15.2. The molecule has 5 heteroatoms. The smallest absolute Gasteiger partial charge is 0.242 e. The maximum atomic E-state index is 12.3. The molecule has 1 heterocycles. The summed E-state index contributed by atoms with van der Waals surface area (Å²) in [6, 6.07) is 7.86. The largest absolute Gasteiger partial charge is 0.394 e. The molecule has 116 valence electrons. The Morgan fingerprint density at radius 1 is 1.29 bits per heavy atom. The fourth-order valence-corrected chi connectivity index (χ4v) is 2.81. The molecule has 2 N–H and O–H groups in total. The summed E-state index contributed by atoms with van der Waals surface area (Å²) >= 11 is 0. The maximum Gasteiger partial charge on any atom is 0.242 e. The fourth-order valence-electron chi connectivity index (χ4n) is 2.81. The Kier molecular flexibility index (Phi) is 5.59. The number of nitrogens with one attached hydrogen (secondary N) is 1. The molecule has 0 saturated carbocycles. The van der Waals surface area contributed by atoms with E-state index in [1.165, 1.54) is 11.3 Å². The zero-order valence-electron chi connectivity index (χ0n) is 12.9. The van der Waals surface area contributed by atoms with Gasteiger partial charge < -0.3 is 20.2 Å². The molecule has 0 radical (unpaired) electrons. The molecular formula is C16H25N3O2. The van der Waals surface area contributed by atoms with E-state index in [0.717, 1.165) is 26.1 Å². The van der Waals surface area contributed by atoms with Gasteiger partial charge in [0.05, 0.1) is 6.61 Å². The van der Waals surface area contributed by atoms with Crippen molar-refractivity contribution in [3.05, 3.63) is 29.8 Å². The number of amides is 1. The average Bonchev–Trinajstić information content (AvgIpc) is 2.75. The van der Waals surface area contributed by atoms with Crippen molar-refractivity contribution in [2.24, 2.45) is 0 Å². The molecular weight excluding hydrogens is 266 g/mol. The van der Waals surface area contributed by atoms with Gasteiger partial charge in [0.15, 0.2) is 0 Å². The van der Waals surface area contributed by atoms with Crippen molar-refractivity contribution in [2.45, 2.75) is 19.4 Å². The van der Waals surface area contributed by atoms with Crippen molar-refractivity contribution in [3.8, 4) is 0 Å². The van der Waals surface area contributed by atoms with Crippen LogP contribution in [0.3, 0.4) is 0 Å². The molecule has 1 aromatic carbocycles. The van der Waals surface area contributed by atoms with E-state index in [1.807, 2.05) is 11.0 Å². The normalized spacial score (nSPS) is 17.5. The van der Waals surface area contributed by atoms with Crippen molar-refractivity contribution < 1.29 is 9.90 Å². The second-order valence-electron chi connectivity index (χ2n) is 5.48. The summed E-state index contributed by atoms with van der Waals surface area (Å²) < 4.78 is 0. The third-order valence-electron chi connectivity index (χ3n) is 4.09. The second-order valence-corrected chi connectivity index (χ2v) is 5.48. The number of hydrogen-bond donors (Lipinski definition) is 2. The lowest BCUT2D eigenvalue weighted by atomic mass is 10.2. The molecule has 5 nitrogen and oxygen atoms in total. The van der Waals surface area contributed by atoms with Gasteiger partial charge in [0.1, 0.15) is 6.04 Å². The lowest BCUT2D eigenvalue weighted by Gasteiger charge is -2.26. The van der Waals surface area contributed by atoms with Crippen LogP contribution in [-0.2, 0) is 4.79 Å². The molecule has 1 aromatic rings. The number of hydrogen-bond acceptors (Lipinski definition) is 4. The van der Waals surface area contributed by atoms with Crippen LogP contribution in [0.25, 0.3) is 0 Å². The number of carbonyl (C=O) groups is 1. The van der Waals surface area contributed by atoms with E-state index in [1.54, 1.807) is 7.05 Å². The van der Waals surface area contributed by atoms with Crippen LogP contribution in [-0.4, -0.2) is 61.8 Å². The summed E-state index contributed by atoms with van der Waals surface area (Å²) in [5.74, 6) is -0.00775. The molecule has 2 rings (SSSR count). The molecule has 1 aliphatic heterocycles. The summed E-state index contributed by atoms with van der Waals surface area (Å²) in [6.07, 6.45) is 0.946. The first-order valence-electron chi connectivity index (χ1n) is 7.55. The van der Waals surface area contributed by atoms with Gasteiger partial charge >= 0.3 is 0 Å². The highest BCUT2D eigenvalue weighted by atomic mass is 16.3. The number of nitrogens with zero attached hydrogens (tertiary/aromatic N) is 2. The second kappa shape index (κ2) is 7.43. The molecule has 0 bridgehead atoms. The number of rotatable bonds is 4. The lowest BCUT2D eigenvalue weighted by Crippen LogP contribution is -2.48. The van der Waals surface area contributed by atoms with Crippen molar-refractivity contribution in [1.29, 1.82) is 0 Å². The Bertz CT molecular complexity index is 474. The van der Waals surface area contributed by atoms with Crippen LogP contribution in [0.4, 0.5) is 5.69 Å². The van der Waals surface area contributed by atoms with Gasteiger partial charge in [-0.25, -0.2) is 0 Å². The first kappa shape index (κ1) is 15.8. The van der Waals surface area contributed by atoms with Crippen LogP contribution in [0.5, 0.6) is 0 Å². The average molecular weight is 291 g/mol. The van der Waals surface area contributed by atoms with Crippen LogP contribution in [0, 0.1) is 6.92 Å². The van der Waals surface area contributed by atoms with Crippen LogP contribution in [0.2, 0.25) is 0 Å². The van der Waals surface area contributed by atoms with Crippen LogP contribution < -0.4 is 10.2 Å². The minimum absolute atomic E-state index is 0.00775. The number of aliphatic hydroxyl groups excluding tert-OH is 1. The number of para-hydroxylation sites is 1. The van der Waals surface area contributed by atoms with Gasteiger partial charge in [-0.15, -0.1) is 0 Å². The third kappa shape index (κ3) is 3.74. The molecule has 1 saturated heterocycles. The first-order chi connectivity index (χ1) is 10.2. The first-order valence-corrected chi connectivity index (χ1v) is 7.55. The molecule has 0 aromatic heterocycles. The predicted molar refractivity (Wildman–Crippen MR) is 84.5 cm³/mol. The highest BCUT2D eigenvalue weighted by Crippen LogP contribution is 2.21. The number of aryl methyl sites for hydroxylation is 1. The zero-order valence-corrected chi connectivity index (χ0v) is 12.9. The SMILES string of the molecule is CN[C@@H](CO)C(=O)N1CCCN(c2ccccc2C)CC1. The van der Waals surface area contributed by atoms with Gasteiger partial charge in [-0.05, 0) is 32.0 Å². The molecule has 0 aliphatic carbocycles. The van der Waals surface area contributed by atoms with Crippen LogP contribution in [0.1, 0.15) is 12.0 Å². The fraction of sp³-hybridized carbons (Fsp3) is 0.562. The highest BCUT2D eigenvalue weighted by molar-refractivity contribution is 5.82. The topological polar surface area (TPSA) is 55.8 Å². The Morgan fingerprint density at radius 3 is 2.71 bits per heavy atom. The molecule has 1 aliphatic rings. The van der Waals surface area contributed by atoms with E-state index in [4.69, 9.17) is 0 Å². The van der Waals surface area contributed by atoms with E-state index in [-0.39, 0.29) is 12.5 Å². The summed E-state index contributed by atoms with van der Waals surface area (Å²) in [5, 5.41) is 12.1. The minimum atomic E-state index is -0.491. The summed E-state index contributed by atoms with van der Waals surface area (Å²) in [6.45, 7) is 5.19. The Hall–Kier alpha value is -1.59. The van der Waals surface area contributed by atoms with Gasteiger partial charge in [-0.3, -0.25) is 4.79 Å². The highest BCUT2D eigenvalue weighted by Gasteiger charge is 2.24. The Morgan fingerprint density at radius 2 is 2.05 bits per heavy atom. The van der Waals surface area contributed by atoms with Gasteiger partial charge in [0, 0.05) is 31.9 Å². The predicted octanol–water partition coefficient (Wildman–Crippen LogP) is 0.614. The van der Waals surface area contributed by atoms with Gasteiger partial charge in [0.25, 0.3) is 0 Å². The standard InChI is InChI=1S/C16H25N3O2/c1-13-6-3-4-7-15(13)18-8-5-9-19(11-10-18)16(21)14(12-20)17-2/h3-4,6-7,14,17,20H,5,8-12H2,1-2H3/t14-/m0/s1. The van der Waals surface area contributed by atoms with Crippen LogP contribution >= 0.6 is 0 Å². The Labute approximate surface area is 126 Å². The number of benzene rings is 1. The number of aliphatic hydroxyl groups is 1. The van der Waals surface area contributed by atoms with Gasteiger partial charge in [-0.1, -0.05) is 18.2 Å². The van der Waals surface area contributed by atoms with E-state index < -0.39 is 6.04 Å². The van der Waals surface area contributed by atoms with E-state index in [2.05, 4.69) is 35.3 Å². The van der Waals surface area contributed by atoms with Gasteiger partial charge in [-0.2, -0.15) is 0 Å². The molecule has 0 spiro atoms. The summed E-state index contributed by atoms with van der Waals surface area (Å²) in [7, 11) is 1.70. The van der Waals surface area contributed by atoms with E-state index >= 15 is 0 Å². The summed E-state index contributed by atoms with van der Waals surface area (Å²) in [5.41, 5.74) is 2.51. The lowest BCUT2D eigenvalue weighted by molar-refractivity contribution is -0.134. The Balaban J connectivity index is 2.02. The molecule has 1 fully saturated rings. The van der Waals surface area contributed by atoms with Crippen molar-refractivity contribution in [1.82, 2.24) is 10.2 Å². The van der Waals surface area contributed by atoms with Crippen molar-refractivity contribution >= 4 is 11.6 Å². The minimum Gasteiger partial charge on any atom is -0.394 e. The molecule has 1 atom stereocenters. The molecule has 21 heavy (non-hydrogen) atoms. The quantitative estimate of drug-likeness (QED) is 0.854. The van der Waals surface area contributed by atoms with Gasteiger partial charge in [0.2, 0.25) is 5.91 Å². The van der Waals surface area contributed by atoms with E-state index in [9.17, 15) is 9.90 Å². The third-order valence-corrected chi connectivity index (χ3v) is 4.09. The monoisotopic (exact) mass is 291 g/mol. The molecule has 1 amide bonds. The summed E-state index contributed by atoms with van der Waals surface area (Å²) in [4.78, 5) is 16.5. The molecule has 0 unspecified atom stereocenters. The number of anilines is 1.